The first-order valence-corrected chi connectivity index (χ1v) is 5.39. The number of amides is 1. The van der Waals surface area contributed by atoms with E-state index in [0.29, 0.717) is 0 Å². The predicted octanol–water partition coefficient (Wildman–Crippen LogP) is 1.29. The third-order valence-electron chi connectivity index (χ3n) is 2.56. The summed E-state index contributed by atoms with van der Waals surface area (Å²) in [5, 5.41) is 0.120. The molecule has 1 saturated heterocycles. The highest BCUT2D eigenvalue weighted by Gasteiger charge is 2.19. The molecule has 0 N–H and O–H groups in total. The summed E-state index contributed by atoms with van der Waals surface area (Å²) < 4.78 is 0. The van der Waals surface area contributed by atoms with E-state index in [4.69, 9.17) is 11.6 Å². The lowest BCUT2D eigenvalue weighted by atomic mass is 10.3. The summed E-state index contributed by atoms with van der Waals surface area (Å²) in [4.78, 5) is 15.6. The lowest BCUT2D eigenvalue weighted by Gasteiger charge is -2.20. The molecule has 0 aromatic carbocycles. The molecule has 4 heteroatoms. The van der Waals surface area contributed by atoms with E-state index in [1.807, 2.05) is 0 Å². The summed E-state index contributed by atoms with van der Waals surface area (Å²) in [7, 11) is 0. The minimum Gasteiger partial charge on any atom is -0.337 e. The molecule has 0 saturated carbocycles. The van der Waals surface area contributed by atoms with Gasteiger partial charge in [-0.3, -0.25) is 4.79 Å². The molecule has 1 heterocycles. The fourth-order valence-electron chi connectivity index (χ4n) is 1.66. The van der Waals surface area contributed by atoms with Crippen LogP contribution in [-0.4, -0.2) is 48.4 Å². The second-order valence-electron chi connectivity index (χ2n) is 3.48. The van der Waals surface area contributed by atoms with Crippen molar-refractivity contribution in [3.63, 3.8) is 0 Å². The van der Waals surface area contributed by atoms with Gasteiger partial charge in [-0.1, -0.05) is 25.1 Å². The van der Waals surface area contributed by atoms with Crippen molar-refractivity contribution in [2.75, 3.05) is 32.7 Å². The van der Waals surface area contributed by atoms with Crippen LogP contribution in [0, 0.1) is 0 Å². The van der Waals surface area contributed by atoms with Crippen molar-refractivity contribution in [1.29, 1.82) is 0 Å². The highest BCUT2D eigenvalue weighted by molar-refractivity contribution is 6.41. The van der Waals surface area contributed by atoms with Crippen molar-refractivity contribution >= 4 is 17.5 Å². The average Bonchev–Trinajstić information content (AvgIpc) is 2.41. The Morgan fingerprint density at radius 2 is 2.07 bits per heavy atom. The molecule has 14 heavy (non-hydrogen) atoms. The van der Waals surface area contributed by atoms with Gasteiger partial charge in [0.2, 0.25) is 0 Å². The average molecular weight is 217 g/mol. The Bertz CT molecular complexity index is 230. The monoisotopic (exact) mass is 216 g/mol. The summed E-state index contributed by atoms with van der Waals surface area (Å²) in [6.45, 7) is 10.2. The molecule has 0 aromatic rings. The molecular weight excluding hydrogens is 200 g/mol. The van der Waals surface area contributed by atoms with Gasteiger partial charge in [0.25, 0.3) is 5.91 Å². The van der Waals surface area contributed by atoms with Crippen molar-refractivity contribution in [1.82, 2.24) is 9.80 Å². The number of hydrogen-bond donors (Lipinski definition) is 0. The molecule has 1 aliphatic heterocycles. The molecular formula is C10H17ClN2O. The van der Waals surface area contributed by atoms with Gasteiger partial charge in [0.1, 0.15) is 0 Å². The first-order valence-electron chi connectivity index (χ1n) is 5.01. The Morgan fingerprint density at radius 3 is 2.64 bits per heavy atom. The number of carbonyl (C=O) groups excluding carboxylic acids is 1. The Hall–Kier alpha value is -0.540. The molecule has 0 aromatic heterocycles. The SMILES string of the molecule is C=C(Cl)C(=O)N1CCCN(CC)CC1. The Labute approximate surface area is 90.3 Å². The van der Waals surface area contributed by atoms with Gasteiger partial charge in [-0.2, -0.15) is 0 Å². The summed E-state index contributed by atoms with van der Waals surface area (Å²) in [6.07, 6.45) is 1.02. The van der Waals surface area contributed by atoms with Crippen LogP contribution in [0.2, 0.25) is 0 Å². The van der Waals surface area contributed by atoms with Gasteiger partial charge in [0, 0.05) is 19.6 Å². The maximum Gasteiger partial charge on any atom is 0.264 e. The van der Waals surface area contributed by atoms with Crippen molar-refractivity contribution < 1.29 is 4.79 Å². The van der Waals surface area contributed by atoms with Gasteiger partial charge < -0.3 is 9.80 Å². The molecule has 0 aliphatic carbocycles. The fourth-order valence-corrected chi connectivity index (χ4v) is 1.78. The largest absolute Gasteiger partial charge is 0.337 e. The number of hydrogen-bond acceptors (Lipinski definition) is 2. The lowest BCUT2D eigenvalue weighted by molar-refractivity contribution is -0.126. The summed E-state index contributed by atoms with van der Waals surface area (Å²) >= 11 is 5.59. The Kier molecular flexibility index (Phi) is 4.42. The first kappa shape index (κ1) is 11.5. The van der Waals surface area contributed by atoms with Gasteiger partial charge >= 0.3 is 0 Å². The quantitative estimate of drug-likeness (QED) is 0.650. The van der Waals surface area contributed by atoms with Crippen molar-refractivity contribution in [2.45, 2.75) is 13.3 Å². The van der Waals surface area contributed by atoms with Crippen molar-refractivity contribution in [3.05, 3.63) is 11.6 Å². The van der Waals surface area contributed by atoms with Crippen LogP contribution in [0.3, 0.4) is 0 Å². The number of nitrogens with zero attached hydrogens (tertiary/aromatic N) is 2. The fraction of sp³-hybridized carbons (Fsp3) is 0.700. The lowest BCUT2D eigenvalue weighted by Crippen LogP contribution is -2.35. The number of carbonyl (C=O) groups is 1. The third-order valence-corrected chi connectivity index (χ3v) is 2.72. The zero-order chi connectivity index (χ0) is 10.6. The number of halogens is 1. The van der Waals surface area contributed by atoms with E-state index in [0.717, 1.165) is 39.1 Å². The molecule has 0 atom stereocenters. The van der Waals surface area contributed by atoms with Crippen LogP contribution in [0.15, 0.2) is 11.6 Å². The Morgan fingerprint density at radius 1 is 1.36 bits per heavy atom. The highest BCUT2D eigenvalue weighted by atomic mass is 35.5. The molecule has 1 rings (SSSR count). The van der Waals surface area contributed by atoms with Gasteiger partial charge in [0.05, 0.1) is 5.03 Å². The van der Waals surface area contributed by atoms with Crippen LogP contribution in [-0.2, 0) is 4.79 Å². The molecule has 0 unspecified atom stereocenters. The van der Waals surface area contributed by atoms with Gasteiger partial charge in [-0.15, -0.1) is 0 Å². The number of rotatable bonds is 2. The maximum absolute atomic E-state index is 11.5. The molecule has 0 radical (unpaired) electrons. The predicted molar refractivity (Wildman–Crippen MR) is 58.3 cm³/mol. The van der Waals surface area contributed by atoms with Crippen molar-refractivity contribution in [3.8, 4) is 0 Å². The van der Waals surface area contributed by atoms with E-state index in [-0.39, 0.29) is 10.9 Å². The van der Waals surface area contributed by atoms with E-state index in [9.17, 15) is 4.79 Å². The molecule has 0 bridgehead atoms. The topological polar surface area (TPSA) is 23.6 Å². The van der Waals surface area contributed by atoms with E-state index in [2.05, 4.69) is 18.4 Å². The van der Waals surface area contributed by atoms with Crippen LogP contribution < -0.4 is 0 Å². The number of likely N-dealkylation sites (N-methyl/N-ethyl adjacent to an activating group) is 1. The minimum atomic E-state index is -0.121. The maximum atomic E-state index is 11.5. The molecule has 80 valence electrons. The standard InChI is InChI=1S/C10H17ClN2O/c1-3-12-5-4-6-13(8-7-12)10(14)9(2)11/h2-8H2,1H3. The summed E-state index contributed by atoms with van der Waals surface area (Å²) in [5.41, 5.74) is 0. The van der Waals surface area contributed by atoms with E-state index >= 15 is 0 Å². The van der Waals surface area contributed by atoms with E-state index in [1.165, 1.54) is 0 Å². The van der Waals surface area contributed by atoms with Gasteiger partial charge in [-0.05, 0) is 19.5 Å². The first-order chi connectivity index (χ1) is 6.65. The van der Waals surface area contributed by atoms with Crippen molar-refractivity contribution in [2.24, 2.45) is 0 Å². The second kappa shape index (κ2) is 5.37. The highest BCUT2D eigenvalue weighted by Crippen LogP contribution is 2.08. The molecule has 1 amide bonds. The zero-order valence-corrected chi connectivity index (χ0v) is 9.39. The van der Waals surface area contributed by atoms with E-state index < -0.39 is 0 Å². The smallest absolute Gasteiger partial charge is 0.264 e. The van der Waals surface area contributed by atoms with Gasteiger partial charge in [-0.25, -0.2) is 0 Å². The summed E-state index contributed by atoms with van der Waals surface area (Å²) in [5.74, 6) is -0.121. The zero-order valence-electron chi connectivity index (χ0n) is 8.63. The Balaban J connectivity index is 2.49. The summed E-state index contributed by atoms with van der Waals surface area (Å²) in [6, 6.07) is 0. The second-order valence-corrected chi connectivity index (χ2v) is 3.94. The van der Waals surface area contributed by atoms with E-state index in [1.54, 1.807) is 4.90 Å². The molecule has 0 spiro atoms. The molecule has 1 aliphatic rings. The van der Waals surface area contributed by atoms with Crippen LogP contribution in [0.25, 0.3) is 0 Å². The normalized spacial score (nSPS) is 19.1. The van der Waals surface area contributed by atoms with Crippen LogP contribution in [0.1, 0.15) is 13.3 Å². The van der Waals surface area contributed by atoms with Gasteiger partial charge in [0.15, 0.2) is 0 Å². The molecule has 1 fully saturated rings. The van der Waals surface area contributed by atoms with Crippen LogP contribution in [0.4, 0.5) is 0 Å². The van der Waals surface area contributed by atoms with Crippen LogP contribution >= 0.6 is 11.6 Å². The third kappa shape index (κ3) is 3.00. The minimum absolute atomic E-state index is 0.120. The molecule has 3 nitrogen and oxygen atoms in total. The van der Waals surface area contributed by atoms with Crippen LogP contribution in [0.5, 0.6) is 0 Å².